The molecule has 0 aromatic carbocycles. The van der Waals surface area contributed by atoms with E-state index in [0.717, 1.165) is 17.6 Å². The lowest BCUT2D eigenvalue weighted by atomic mass is 10.4. The molecule has 0 radical (unpaired) electrons. The van der Waals surface area contributed by atoms with E-state index in [0.29, 0.717) is 6.54 Å². The fourth-order valence-corrected chi connectivity index (χ4v) is 0.402. The van der Waals surface area contributed by atoms with E-state index in [9.17, 15) is 5.21 Å². The molecule has 0 N–H and O–H groups in total. The monoisotopic (exact) mass is 115 g/mol. The van der Waals surface area contributed by atoms with Gasteiger partial charge in [-0.3, -0.25) is 0 Å². The maximum Gasteiger partial charge on any atom is 0.150 e. The SMILES string of the molecule is CCCC=[N+]([O-])CC. The molecule has 0 amide bonds. The Morgan fingerprint density at radius 3 is 2.50 bits per heavy atom. The van der Waals surface area contributed by atoms with Crippen LogP contribution in [-0.2, 0) is 0 Å². The molecular formula is C6H13NO. The van der Waals surface area contributed by atoms with E-state index in [-0.39, 0.29) is 0 Å². The predicted molar refractivity (Wildman–Crippen MR) is 35.1 cm³/mol. The van der Waals surface area contributed by atoms with Gasteiger partial charge in [0.15, 0.2) is 6.21 Å². The summed E-state index contributed by atoms with van der Waals surface area (Å²) in [6.07, 6.45) is 3.64. The van der Waals surface area contributed by atoms with Gasteiger partial charge in [-0.25, -0.2) is 4.74 Å². The highest BCUT2D eigenvalue weighted by atomic mass is 16.5. The van der Waals surface area contributed by atoms with Gasteiger partial charge in [-0.05, 0) is 13.3 Å². The molecule has 0 spiro atoms. The van der Waals surface area contributed by atoms with E-state index in [2.05, 4.69) is 6.92 Å². The molecule has 0 fully saturated rings. The van der Waals surface area contributed by atoms with Crippen molar-refractivity contribution in [2.75, 3.05) is 6.54 Å². The van der Waals surface area contributed by atoms with Crippen LogP contribution in [0.25, 0.3) is 0 Å². The van der Waals surface area contributed by atoms with Gasteiger partial charge in [-0.15, -0.1) is 0 Å². The maximum atomic E-state index is 10.4. The first-order valence-corrected chi connectivity index (χ1v) is 3.08. The first-order chi connectivity index (χ1) is 3.81. The fraction of sp³-hybridized carbons (Fsp3) is 0.833. The molecule has 0 atom stereocenters. The quantitative estimate of drug-likeness (QED) is 0.236. The zero-order valence-corrected chi connectivity index (χ0v) is 5.55. The van der Waals surface area contributed by atoms with Crippen molar-refractivity contribution in [2.24, 2.45) is 0 Å². The summed E-state index contributed by atoms with van der Waals surface area (Å²) in [6, 6.07) is 0. The summed E-state index contributed by atoms with van der Waals surface area (Å²) in [4.78, 5) is 0. The highest BCUT2D eigenvalue weighted by Crippen LogP contribution is 1.79. The molecule has 2 heteroatoms. The average molecular weight is 115 g/mol. The summed E-state index contributed by atoms with van der Waals surface area (Å²) >= 11 is 0. The predicted octanol–water partition coefficient (Wildman–Crippen LogP) is 1.39. The van der Waals surface area contributed by atoms with E-state index in [1.165, 1.54) is 0 Å². The molecule has 0 rings (SSSR count). The molecule has 0 saturated carbocycles. The molecule has 0 aliphatic heterocycles. The lowest BCUT2D eigenvalue weighted by Gasteiger charge is -1.96. The number of rotatable bonds is 3. The lowest BCUT2D eigenvalue weighted by molar-refractivity contribution is -0.449. The topological polar surface area (TPSA) is 26.1 Å². The van der Waals surface area contributed by atoms with E-state index >= 15 is 0 Å². The molecule has 0 heterocycles. The second-order valence-corrected chi connectivity index (χ2v) is 1.70. The Bertz CT molecular complexity index is 78.6. The maximum absolute atomic E-state index is 10.4. The fourth-order valence-electron chi connectivity index (χ4n) is 0.402. The largest absolute Gasteiger partial charge is 0.624 e. The van der Waals surface area contributed by atoms with Gasteiger partial charge >= 0.3 is 0 Å². The molecule has 8 heavy (non-hydrogen) atoms. The summed E-state index contributed by atoms with van der Waals surface area (Å²) in [7, 11) is 0. The molecule has 0 aromatic rings. The number of nitrogens with zero attached hydrogens (tertiary/aromatic N) is 1. The number of unbranched alkanes of at least 4 members (excludes halogenated alkanes) is 1. The van der Waals surface area contributed by atoms with Crippen molar-refractivity contribution in [2.45, 2.75) is 26.7 Å². The van der Waals surface area contributed by atoms with Crippen molar-refractivity contribution in [3.8, 4) is 0 Å². The Morgan fingerprint density at radius 1 is 1.50 bits per heavy atom. The van der Waals surface area contributed by atoms with Gasteiger partial charge in [0.25, 0.3) is 0 Å². The van der Waals surface area contributed by atoms with Crippen molar-refractivity contribution in [1.82, 2.24) is 0 Å². The molecule has 0 aromatic heterocycles. The highest BCUT2D eigenvalue weighted by molar-refractivity contribution is 5.50. The third-order valence-corrected chi connectivity index (χ3v) is 0.933. The zero-order valence-electron chi connectivity index (χ0n) is 5.55. The first-order valence-electron chi connectivity index (χ1n) is 3.08. The van der Waals surface area contributed by atoms with Crippen molar-refractivity contribution in [3.63, 3.8) is 0 Å². The van der Waals surface area contributed by atoms with Crippen LogP contribution in [0.5, 0.6) is 0 Å². The summed E-state index contributed by atoms with van der Waals surface area (Å²) in [5, 5.41) is 10.4. The molecule has 48 valence electrons. The summed E-state index contributed by atoms with van der Waals surface area (Å²) in [6.45, 7) is 4.47. The van der Waals surface area contributed by atoms with Crippen molar-refractivity contribution >= 4 is 6.21 Å². The van der Waals surface area contributed by atoms with Crippen LogP contribution in [0.2, 0.25) is 0 Å². The van der Waals surface area contributed by atoms with Crippen LogP contribution in [0.4, 0.5) is 0 Å². The minimum atomic E-state index is 0.569. The minimum absolute atomic E-state index is 0.569. The van der Waals surface area contributed by atoms with Crippen LogP contribution in [0.1, 0.15) is 26.7 Å². The molecule has 0 unspecified atom stereocenters. The van der Waals surface area contributed by atoms with Crippen LogP contribution in [0.15, 0.2) is 0 Å². The molecule has 0 aliphatic carbocycles. The summed E-state index contributed by atoms with van der Waals surface area (Å²) in [5.74, 6) is 0. The van der Waals surface area contributed by atoms with Crippen molar-refractivity contribution in [3.05, 3.63) is 5.21 Å². The smallest absolute Gasteiger partial charge is 0.150 e. The Morgan fingerprint density at radius 2 is 2.12 bits per heavy atom. The molecule has 0 saturated heterocycles. The minimum Gasteiger partial charge on any atom is -0.624 e. The number of hydrogen-bond donors (Lipinski definition) is 0. The van der Waals surface area contributed by atoms with Crippen LogP contribution >= 0.6 is 0 Å². The summed E-state index contributed by atoms with van der Waals surface area (Å²) in [5.41, 5.74) is 0. The second-order valence-electron chi connectivity index (χ2n) is 1.70. The van der Waals surface area contributed by atoms with Gasteiger partial charge in [0.2, 0.25) is 0 Å². The van der Waals surface area contributed by atoms with Crippen LogP contribution in [0.3, 0.4) is 0 Å². The first kappa shape index (κ1) is 7.47. The molecular weight excluding hydrogens is 102 g/mol. The third kappa shape index (κ3) is 3.65. The van der Waals surface area contributed by atoms with Crippen molar-refractivity contribution < 1.29 is 4.74 Å². The van der Waals surface area contributed by atoms with Gasteiger partial charge in [0.05, 0.1) is 0 Å². The molecule has 0 aliphatic rings. The summed E-state index contributed by atoms with van der Waals surface area (Å²) < 4.78 is 0.962. The normalized spacial score (nSPS) is 12.0. The molecule has 2 nitrogen and oxygen atoms in total. The van der Waals surface area contributed by atoms with E-state index in [1.54, 1.807) is 6.21 Å². The standard InChI is InChI=1S/C6H13NO/c1-3-5-6-7(8)4-2/h6H,3-5H2,1-2H3. The number of hydrogen-bond acceptors (Lipinski definition) is 1. The van der Waals surface area contributed by atoms with Gasteiger partial charge < -0.3 is 5.21 Å². The number of hydroxylamine groups is 1. The Hall–Kier alpha value is -0.530. The van der Waals surface area contributed by atoms with Gasteiger partial charge in [0.1, 0.15) is 6.54 Å². The Balaban J connectivity index is 3.26. The highest BCUT2D eigenvalue weighted by Gasteiger charge is 1.82. The van der Waals surface area contributed by atoms with Crippen LogP contribution < -0.4 is 0 Å². The van der Waals surface area contributed by atoms with Gasteiger partial charge in [-0.2, -0.15) is 0 Å². The van der Waals surface area contributed by atoms with E-state index in [4.69, 9.17) is 0 Å². The zero-order chi connectivity index (χ0) is 6.41. The second kappa shape index (κ2) is 4.62. The lowest BCUT2D eigenvalue weighted by Crippen LogP contribution is -2.02. The Kier molecular flexibility index (Phi) is 4.32. The van der Waals surface area contributed by atoms with Crippen LogP contribution in [0, 0.1) is 5.21 Å². The average Bonchev–Trinajstić information content (AvgIpc) is 1.83. The third-order valence-electron chi connectivity index (χ3n) is 0.933. The van der Waals surface area contributed by atoms with Gasteiger partial charge in [-0.1, -0.05) is 6.92 Å². The van der Waals surface area contributed by atoms with E-state index < -0.39 is 0 Å². The van der Waals surface area contributed by atoms with Crippen molar-refractivity contribution in [1.29, 1.82) is 0 Å². The van der Waals surface area contributed by atoms with E-state index in [1.807, 2.05) is 6.92 Å². The van der Waals surface area contributed by atoms with Gasteiger partial charge in [0, 0.05) is 6.42 Å². The Labute approximate surface area is 50.4 Å². The molecule has 0 bridgehead atoms. The van der Waals surface area contributed by atoms with Crippen LogP contribution in [-0.4, -0.2) is 17.5 Å².